The molecule has 2 aliphatic heterocycles. The van der Waals surface area contributed by atoms with Crippen molar-refractivity contribution >= 4 is 23.6 Å². The first-order valence-electron chi connectivity index (χ1n) is 12.4. The lowest BCUT2D eigenvalue weighted by Crippen LogP contribution is -2.52. The molecule has 6 rings (SSSR count). The first kappa shape index (κ1) is 23.1. The third-order valence-corrected chi connectivity index (χ3v) is 7.72. The van der Waals surface area contributed by atoms with Crippen LogP contribution in [0, 0.1) is 13.8 Å². The molecule has 0 bridgehead atoms. The number of benzene rings is 2. The molecule has 4 amide bonds. The average molecular weight is 499 g/mol. The summed E-state index contributed by atoms with van der Waals surface area (Å²) < 4.78 is 1.51. The maximum Gasteiger partial charge on any atom is 0.274 e. The Morgan fingerprint density at radius 3 is 2.70 bits per heavy atom. The molecule has 2 fully saturated rings. The molecule has 37 heavy (non-hydrogen) atoms. The molecule has 3 heterocycles. The summed E-state index contributed by atoms with van der Waals surface area (Å²) in [5.41, 5.74) is 5.26. The summed E-state index contributed by atoms with van der Waals surface area (Å²) in [6.45, 7) is 4.40. The van der Waals surface area contributed by atoms with Gasteiger partial charge in [0.05, 0.1) is 17.4 Å². The summed E-state index contributed by atoms with van der Waals surface area (Å²) in [7, 11) is 0. The highest BCUT2D eigenvalue weighted by atomic mass is 16.2. The Balaban J connectivity index is 1.19. The molecule has 3 aliphatic rings. The number of hydrogen-bond donors (Lipinski definition) is 2. The third-order valence-electron chi connectivity index (χ3n) is 7.72. The van der Waals surface area contributed by atoms with Crippen LogP contribution in [0.5, 0.6) is 0 Å². The summed E-state index contributed by atoms with van der Waals surface area (Å²) in [4.78, 5) is 51.3. The van der Waals surface area contributed by atoms with Crippen LogP contribution in [0.3, 0.4) is 0 Å². The number of rotatable bonds is 5. The van der Waals surface area contributed by atoms with Gasteiger partial charge in [0.1, 0.15) is 6.04 Å². The molecule has 3 aromatic rings. The Morgan fingerprint density at radius 1 is 1.14 bits per heavy atom. The number of aryl methyl sites for hydroxylation is 1. The second-order valence-electron chi connectivity index (χ2n) is 10.1. The smallest absolute Gasteiger partial charge is 0.274 e. The van der Waals surface area contributed by atoms with E-state index in [1.165, 1.54) is 20.7 Å². The van der Waals surface area contributed by atoms with Gasteiger partial charge < -0.3 is 10.2 Å². The molecule has 1 aliphatic carbocycles. The lowest BCUT2D eigenvalue weighted by molar-refractivity contribution is -0.136. The van der Waals surface area contributed by atoms with E-state index in [0.29, 0.717) is 17.7 Å². The molecule has 1 saturated heterocycles. The molecule has 1 saturated carbocycles. The first-order chi connectivity index (χ1) is 17.8. The highest BCUT2D eigenvalue weighted by Gasteiger charge is 2.47. The van der Waals surface area contributed by atoms with Crippen LogP contribution in [-0.2, 0) is 21.7 Å². The van der Waals surface area contributed by atoms with Gasteiger partial charge in [-0.05, 0) is 73.6 Å². The van der Waals surface area contributed by atoms with Crippen molar-refractivity contribution in [2.45, 2.75) is 57.7 Å². The summed E-state index contributed by atoms with van der Waals surface area (Å²) in [5, 5.41) is 13.7. The predicted molar refractivity (Wildman–Crippen MR) is 132 cm³/mol. The molecule has 10 nitrogen and oxygen atoms in total. The van der Waals surface area contributed by atoms with Crippen molar-refractivity contribution in [2.75, 3.05) is 0 Å². The Kier molecular flexibility index (Phi) is 5.22. The van der Waals surface area contributed by atoms with E-state index in [2.05, 4.69) is 46.9 Å². The van der Waals surface area contributed by atoms with Gasteiger partial charge in [0, 0.05) is 18.5 Å². The number of nitrogens with zero attached hydrogens (tertiary/aromatic N) is 4. The Morgan fingerprint density at radius 2 is 1.95 bits per heavy atom. The van der Waals surface area contributed by atoms with Crippen molar-refractivity contribution in [3.63, 3.8) is 0 Å². The highest BCUT2D eigenvalue weighted by Crippen LogP contribution is 2.47. The third kappa shape index (κ3) is 3.89. The van der Waals surface area contributed by atoms with Gasteiger partial charge >= 0.3 is 0 Å². The van der Waals surface area contributed by atoms with Crippen molar-refractivity contribution < 1.29 is 19.2 Å². The standard InChI is InChI=1S/C27H26N6O4/c1-15-4-3-5-20(16(15)2)27(10-11-27)29-24(35)21-14-33(31-30-21)18-6-7-19-17(12-18)13-32(26(19)37)22-8-9-23(34)28-25(22)36/h3-7,12,14,22H,8-11,13H2,1-2H3,(H,29,35)(H,28,34,36). The first-order valence-corrected chi connectivity index (χ1v) is 12.4. The molecule has 1 atom stereocenters. The van der Waals surface area contributed by atoms with E-state index in [-0.39, 0.29) is 41.9 Å². The second-order valence-corrected chi connectivity index (χ2v) is 10.1. The molecule has 1 unspecified atom stereocenters. The number of fused-ring (bicyclic) bond motifs is 1. The fourth-order valence-corrected chi connectivity index (χ4v) is 5.33. The van der Waals surface area contributed by atoms with Gasteiger partial charge in [-0.1, -0.05) is 23.4 Å². The van der Waals surface area contributed by atoms with E-state index in [0.717, 1.165) is 24.0 Å². The highest BCUT2D eigenvalue weighted by molar-refractivity contribution is 6.05. The van der Waals surface area contributed by atoms with E-state index in [4.69, 9.17) is 0 Å². The lowest BCUT2D eigenvalue weighted by Gasteiger charge is -2.29. The molecular formula is C27H26N6O4. The number of hydrogen-bond acceptors (Lipinski definition) is 6. The van der Waals surface area contributed by atoms with Gasteiger partial charge in [-0.2, -0.15) is 0 Å². The number of imide groups is 1. The zero-order chi connectivity index (χ0) is 25.9. The minimum atomic E-state index is -0.672. The number of piperidine rings is 1. The minimum Gasteiger partial charge on any atom is -0.341 e. The van der Waals surface area contributed by atoms with E-state index < -0.39 is 11.9 Å². The second kappa shape index (κ2) is 8.36. The van der Waals surface area contributed by atoms with Crippen molar-refractivity contribution in [1.82, 2.24) is 30.5 Å². The van der Waals surface area contributed by atoms with Crippen molar-refractivity contribution in [3.05, 3.63) is 76.1 Å². The van der Waals surface area contributed by atoms with Crippen LogP contribution < -0.4 is 10.6 Å². The largest absolute Gasteiger partial charge is 0.341 e. The number of nitrogens with one attached hydrogen (secondary N) is 2. The lowest BCUT2D eigenvalue weighted by atomic mass is 9.95. The van der Waals surface area contributed by atoms with Gasteiger partial charge in [0.15, 0.2) is 5.69 Å². The molecule has 188 valence electrons. The van der Waals surface area contributed by atoms with Crippen LogP contribution in [0.1, 0.15) is 68.8 Å². The molecule has 2 N–H and O–H groups in total. The SMILES string of the molecule is Cc1cccc(C2(NC(=O)c3cn(-c4ccc5c(c4)CN(C4CCC(=O)NC4=O)C5=O)nn3)CC2)c1C. The Bertz CT molecular complexity index is 1490. The maximum atomic E-state index is 13.1. The van der Waals surface area contributed by atoms with Crippen molar-refractivity contribution in [3.8, 4) is 5.69 Å². The summed E-state index contributed by atoms with van der Waals surface area (Å²) in [6, 6.07) is 10.7. The number of aromatic nitrogens is 3. The summed E-state index contributed by atoms with van der Waals surface area (Å²) in [6.07, 6.45) is 3.84. The topological polar surface area (TPSA) is 126 Å². The van der Waals surface area contributed by atoms with Gasteiger partial charge in [-0.3, -0.25) is 24.5 Å². The Hall–Kier alpha value is -4.34. The van der Waals surface area contributed by atoms with Crippen LogP contribution in [-0.4, -0.2) is 49.6 Å². The van der Waals surface area contributed by atoms with Gasteiger partial charge in [0.2, 0.25) is 11.8 Å². The van der Waals surface area contributed by atoms with Crippen LogP contribution in [0.2, 0.25) is 0 Å². The van der Waals surface area contributed by atoms with E-state index in [9.17, 15) is 19.2 Å². The van der Waals surface area contributed by atoms with E-state index in [1.807, 2.05) is 12.1 Å². The predicted octanol–water partition coefficient (Wildman–Crippen LogP) is 2.06. The normalized spacial score (nSPS) is 20.0. The molecule has 0 spiro atoms. The van der Waals surface area contributed by atoms with E-state index >= 15 is 0 Å². The maximum absolute atomic E-state index is 13.1. The van der Waals surface area contributed by atoms with Crippen LogP contribution in [0.4, 0.5) is 0 Å². The summed E-state index contributed by atoms with van der Waals surface area (Å²) in [5.74, 6) is -1.29. The monoisotopic (exact) mass is 498 g/mol. The Labute approximate surface area is 213 Å². The zero-order valence-corrected chi connectivity index (χ0v) is 20.6. The number of carbonyl (C=O) groups is 4. The van der Waals surface area contributed by atoms with E-state index in [1.54, 1.807) is 18.3 Å². The fourth-order valence-electron chi connectivity index (χ4n) is 5.33. The zero-order valence-electron chi connectivity index (χ0n) is 20.6. The number of carbonyl (C=O) groups excluding carboxylic acids is 4. The molecule has 0 radical (unpaired) electrons. The van der Waals surface area contributed by atoms with Gasteiger partial charge in [-0.15, -0.1) is 5.10 Å². The van der Waals surface area contributed by atoms with Crippen LogP contribution in [0.25, 0.3) is 5.69 Å². The van der Waals surface area contributed by atoms with Gasteiger partial charge in [0.25, 0.3) is 11.8 Å². The molecule has 10 heteroatoms. The fraction of sp³-hybridized carbons (Fsp3) is 0.333. The van der Waals surface area contributed by atoms with Crippen molar-refractivity contribution in [2.24, 2.45) is 0 Å². The molecular weight excluding hydrogens is 472 g/mol. The molecule has 2 aromatic carbocycles. The van der Waals surface area contributed by atoms with Crippen LogP contribution in [0.15, 0.2) is 42.6 Å². The average Bonchev–Trinajstić information content (AvgIpc) is 3.33. The van der Waals surface area contributed by atoms with Crippen molar-refractivity contribution in [1.29, 1.82) is 0 Å². The van der Waals surface area contributed by atoms with Gasteiger partial charge in [-0.25, -0.2) is 4.68 Å². The quantitative estimate of drug-likeness (QED) is 0.519. The molecule has 1 aromatic heterocycles. The van der Waals surface area contributed by atoms with Crippen LogP contribution >= 0.6 is 0 Å². The minimum absolute atomic E-state index is 0.205. The summed E-state index contributed by atoms with van der Waals surface area (Å²) >= 11 is 0. The number of amides is 4.